The van der Waals surface area contributed by atoms with Crippen LogP contribution in [-0.2, 0) is 10.0 Å². The van der Waals surface area contributed by atoms with Gasteiger partial charge in [-0.1, -0.05) is 6.92 Å². The number of carbonyl (C=O) groups is 1. The number of carbonyl (C=O) groups excluding carboxylic acids is 1. The number of rotatable bonds is 13. The van der Waals surface area contributed by atoms with Crippen LogP contribution in [-0.4, -0.2) is 79.8 Å². The van der Waals surface area contributed by atoms with Gasteiger partial charge in [-0.3, -0.25) is 4.79 Å². The number of hydrogen-bond donors (Lipinski definition) is 2. The third-order valence-corrected chi connectivity index (χ3v) is 10.1. The van der Waals surface area contributed by atoms with Gasteiger partial charge in [0.2, 0.25) is 10.0 Å². The number of ether oxygens (including phenoxy) is 1. The predicted molar refractivity (Wildman–Crippen MR) is 167 cm³/mol. The highest BCUT2D eigenvalue weighted by atomic mass is 32.2. The molecule has 43 heavy (non-hydrogen) atoms. The number of sulfonamides is 1. The van der Waals surface area contributed by atoms with Gasteiger partial charge in [-0.25, -0.2) is 27.5 Å². The smallest absolute Gasteiger partial charge is 0.257 e. The number of benzene rings is 1. The largest absolute Gasteiger partial charge is 0.451 e. The fourth-order valence-corrected chi connectivity index (χ4v) is 7.05. The molecule has 0 unspecified atom stereocenters. The topological polar surface area (TPSA) is 117 Å². The number of halogens is 1. The maximum absolute atomic E-state index is 14.2. The molecule has 0 bridgehead atoms. The number of aromatic nitrogens is 2. The average molecular weight is 619 g/mol. The SMILES string of the molecule is CCN(C(=O)c1cc(F)ccc1Oc1cncnc1N1CC[C@](C)(CNC[C@H]2CC[C@H](NS(=O)(=O)CC)CC2)C1)C(C)C. The number of nitrogens with zero attached hydrogens (tertiary/aromatic N) is 4. The molecule has 1 aliphatic heterocycles. The van der Waals surface area contributed by atoms with Gasteiger partial charge >= 0.3 is 0 Å². The minimum absolute atomic E-state index is 0.0199. The summed E-state index contributed by atoms with van der Waals surface area (Å²) in [7, 11) is -3.16. The van der Waals surface area contributed by atoms with Gasteiger partial charge in [-0.2, -0.15) is 0 Å². The van der Waals surface area contributed by atoms with E-state index in [9.17, 15) is 17.6 Å². The average Bonchev–Trinajstić information content (AvgIpc) is 3.36. The molecule has 1 saturated carbocycles. The molecule has 0 spiro atoms. The quantitative estimate of drug-likeness (QED) is 0.335. The van der Waals surface area contributed by atoms with Crippen molar-refractivity contribution in [1.29, 1.82) is 0 Å². The monoisotopic (exact) mass is 618 g/mol. The number of anilines is 1. The Hall–Kier alpha value is -2.83. The van der Waals surface area contributed by atoms with E-state index in [0.717, 1.165) is 58.3 Å². The minimum Gasteiger partial charge on any atom is -0.451 e. The van der Waals surface area contributed by atoms with Gasteiger partial charge in [-0.15, -0.1) is 0 Å². The van der Waals surface area contributed by atoms with Crippen LogP contribution in [0.1, 0.15) is 77.1 Å². The van der Waals surface area contributed by atoms with Crippen molar-refractivity contribution >= 4 is 21.7 Å². The lowest BCUT2D eigenvalue weighted by molar-refractivity contribution is 0.0713. The number of amides is 1. The Morgan fingerprint density at radius 3 is 2.63 bits per heavy atom. The summed E-state index contributed by atoms with van der Waals surface area (Å²) < 4.78 is 47.1. The zero-order valence-electron chi connectivity index (χ0n) is 26.1. The third-order valence-electron chi connectivity index (χ3n) is 8.69. The highest BCUT2D eigenvalue weighted by molar-refractivity contribution is 7.89. The fourth-order valence-electron chi connectivity index (χ4n) is 6.14. The van der Waals surface area contributed by atoms with Crippen LogP contribution in [0.5, 0.6) is 11.5 Å². The summed E-state index contributed by atoms with van der Waals surface area (Å²) in [6.07, 6.45) is 7.82. The van der Waals surface area contributed by atoms with E-state index in [-0.39, 0.29) is 40.5 Å². The van der Waals surface area contributed by atoms with Crippen molar-refractivity contribution in [1.82, 2.24) is 24.9 Å². The molecule has 2 N–H and O–H groups in total. The maximum Gasteiger partial charge on any atom is 0.257 e. The van der Waals surface area contributed by atoms with Crippen LogP contribution in [0.2, 0.25) is 0 Å². The molecule has 1 aromatic heterocycles. The van der Waals surface area contributed by atoms with Crippen LogP contribution >= 0.6 is 0 Å². The van der Waals surface area contributed by atoms with E-state index in [1.165, 1.54) is 24.5 Å². The van der Waals surface area contributed by atoms with Crippen molar-refractivity contribution in [3.05, 3.63) is 42.1 Å². The van der Waals surface area contributed by atoms with Crippen molar-refractivity contribution in [2.24, 2.45) is 11.3 Å². The van der Waals surface area contributed by atoms with Gasteiger partial charge in [0.15, 0.2) is 11.6 Å². The molecule has 0 radical (unpaired) electrons. The Morgan fingerprint density at radius 1 is 1.21 bits per heavy atom. The maximum atomic E-state index is 14.2. The second-order valence-corrected chi connectivity index (χ2v) is 14.5. The van der Waals surface area contributed by atoms with Gasteiger partial charge < -0.3 is 19.9 Å². The molecule has 4 rings (SSSR count). The normalized spacial score (nSPS) is 22.6. The summed E-state index contributed by atoms with van der Waals surface area (Å²) in [5.74, 6) is 1.20. The Kier molecular flexibility index (Phi) is 11.0. The lowest BCUT2D eigenvalue weighted by atomic mass is 9.85. The third kappa shape index (κ3) is 8.63. The van der Waals surface area contributed by atoms with Crippen molar-refractivity contribution in [2.45, 2.75) is 78.8 Å². The lowest BCUT2D eigenvalue weighted by Gasteiger charge is -2.31. The summed E-state index contributed by atoms with van der Waals surface area (Å²) in [6, 6.07) is 4.00. The fraction of sp³-hybridized carbons (Fsp3) is 0.645. The Labute approximate surface area is 255 Å². The zero-order valence-corrected chi connectivity index (χ0v) is 26.9. The molecule has 1 atom stereocenters. The lowest BCUT2D eigenvalue weighted by Crippen LogP contribution is -2.41. The van der Waals surface area contributed by atoms with Crippen LogP contribution in [0.3, 0.4) is 0 Å². The van der Waals surface area contributed by atoms with Crippen LogP contribution in [0.25, 0.3) is 0 Å². The van der Waals surface area contributed by atoms with Crippen LogP contribution in [0, 0.1) is 17.2 Å². The number of nitrogens with one attached hydrogen (secondary N) is 2. The molecular weight excluding hydrogens is 571 g/mol. The van der Waals surface area contributed by atoms with E-state index < -0.39 is 15.8 Å². The molecule has 2 heterocycles. The van der Waals surface area contributed by atoms with Crippen LogP contribution in [0.4, 0.5) is 10.2 Å². The molecule has 2 aliphatic rings. The predicted octanol–water partition coefficient (Wildman–Crippen LogP) is 4.58. The zero-order chi connectivity index (χ0) is 31.2. The van der Waals surface area contributed by atoms with E-state index in [1.807, 2.05) is 20.8 Å². The van der Waals surface area contributed by atoms with Gasteiger partial charge in [0, 0.05) is 38.3 Å². The summed E-state index contributed by atoms with van der Waals surface area (Å²) in [4.78, 5) is 25.9. The molecular formula is C31H47FN6O4S. The van der Waals surface area contributed by atoms with Gasteiger partial charge in [0.05, 0.1) is 17.5 Å². The summed E-state index contributed by atoms with van der Waals surface area (Å²) >= 11 is 0. The Balaban J connectivity index is 1.36. The van der Waals surface area contributed by atoms with Crippen molar-refractivity contribution in [3.63, 3.8) is 0 Å². The Morgan fingerprint density at radius 2 is 1.95 bits per heavy atom. The molecule has 10 nitrogen and oxygen atoms in total. The Bertz CT molecular complexity index is 1350. The first kappa shape index (κ1) is 33.1. The highest BCUT2D eigenvalue weighted by Gasteiger charge is 2.36. The summed E-state index contributed by atoms with van der Waals surface area (Å²) in [5, 5.41) is 3.68. The molecule has 2 aromatic rings. The molecule has 1 saturated heterocycles. The standard InChI is InChI=1S/C31H47FN6O4S/c1-6-38(22(3)4)30(39)26-16-24(32)10-13-27(26)42-28-18-34-21-35-29(28)37-15-14-31(5,20-37)19-33-17-23-8-11-25(12-9-23)36-43(40,41)7-2/h10,13,16,18,21-23,25,33,36H,6-9,11-12,14-15,17,19-20H2,1-5H3/t23-,25-,31-/m1/s1. The van der Waals surface area contributed by atoms with E-state index in [4.69, 9.17) is 4.74 Å². The van der Waals surface area contributed by atoms with Gasteiger partial charge in [0.1, 0.15) is 17.9 Å². The molecule has 1 aromatic carbocycles. The van der Waals surface area contributed by atoms with Crippen LogP contribution in [0.15, 0.2) is 30.7 Å². The van der Waals surface area contributed by atoms with Crippen molar-refractivity contribution < 1.29 is 22.3 Å². The van der Waals surface area contributed by atoms with Crippen molar-refractivity contribution in [2.75, 3.05) is 43.4 Å². The minimum atomic E-state index is -3.16. The van der Waals surface area contributed by atoms with Gasteiger partial charge in [-0.05, 0) is 95.9 Å². The van der Waals surface area contributed by atoms with Crippen molar-refractivity contribution in [3.8, 4) is 11.5 Å². The molecule has 12 heteroatoms. The van der Waals surface area contributed by atoms with Crippen LogP contribution < -0.4 is 19.7 Å². The number of hydrogen-bond acceptors (Lipinski definition) is 8. The van der Waals surface area contributed by atoms with Gasteiger partial charge in [0.25, 0.3) is 5.91 Å². The summed E-state index contributed by atoms with van der Waals surface area (Å²) in [6.45, 7) is 13.5. The van der Waals surface area contributed by atoms with E-state index in [2.05, 4.69) is 31.8 Å². The van der Waals surface area contributed by atoms with E-state index >= 15 is 0 Å². The second-order valence-electron chi connectivity index (χ2n) is 12.5. The molecule has 2 fully saturated rings. The first-order valence-electron chi connectivity index (χ1n) is 15.5. The molecule has 238 valence electrons. The van der Waals surface area contributed by atoms with E-state index in [1.54, 1.807) is 18.0 Å². The highest BCUT2D eigenvalue weighted by Crippen LogP contribution is 2.38. The second kappa shape index (κ2) is 14.3. The summed E-state index contributed by atoms with van der Waals surface area (Å²) in [5.41, 5.74) is 0.184. The first-order valence-corrected chi connectivity index (χ1v) is 17.1. The molecule has 1 aliphatic carbocycles. The van der Waals surface area contributed by atoms with E-state index in [0.29, 0.717) is 24.0 Å². The first-order chi connectivity index (χ1) is 20.4. The molecule has 1 amide bonds.